The molecule has 0 saturated heterocycles. The van der Waals surface area contributed by atoms with E-state index in [1.807, 2.05) is 51.1 Å². The van der Waals surface area contributed by atoms with Gasteiger partial charge in [0.15, 0.2) is 0 Å². The number of nitrogens with zero attached hydrogens (tertiary/aromatic N) is 1. The molecule has 0 fully saturated rings. The van der Waals surface area contributed by atoms with E-state index in [1.54, 1.807) is 0 Å². The number of carboxylic acid groups (broad SMARTS) is 1. The zero-order valence-corrected chi connectivity index (χ0v) is 9.82. The summed E-state index contributed by atoms with van der Waals surface area (Å²) in [4.78, 5) is 13.4. The number of rotatable bonds is 3. The van der Waals surface area contributed by atoms with Crippen molar-refractivity contribution in [3.8, 4) is 0 Å². The first-order chi connectivity index (χ1) is 6.95. The van der Waals surface area contributed by atoms with Crippen LogP contribution in [0.1, 0.15) is 20.3 Å². The third-order valence-electron chi connectivity index (χ3n) is 3.17. The lowest BCUT2D eigenvalue weighted by atomic mass is 9.71. The summed E-state index contributed by atoms with van der Waals surface area (Å²) in [5.74, 6) is -0.743. The van der Waals surface area contributed by atoms with Gasteiger partial charge in [-0.25, -0.2) is 0 Å². The molecule has 2 unspecified atom stereocenters. The van der Waals surface area contributed by atoms with Gasteiger partial charge in [0.1, 0.15) is 5.41 Å². The average Bonchev–Trinajstić information content (AvgIpc) is 2.16. The third-order valence-corrected chi connectivity index (χ3v) is 3.17. The van der Waals surface area contributed by atoms with Crippen LogP contribution in [-0.4, -0.2) is 36.1 Å². The summed E-state index contributed by atoms with van der Waals surface area (Å²) < 4.78 is 0. The highest BCUT2D eigenvalue weighted by Crippen LogP contribution is 2.37. The molecule has 0 aromatic rings. The lowest BCUT2D eigenvalue weighted by molar-refractivity contribution is -0.148. The van der Waals surface area contributed by atoms with E-state index in [2.05, 4.69) is 0 Å². The standard InChI is InChI=1S/C12H19NO2/c1-5-12(11(14)15)8-6-7-9(2)10(12)13(3)4/h6-8,10H,5H2,1-4H3,(H,14,15). The summed E-state index contributed by atoms with van der Waals surface area (Å²) in [6, 6.07) is -0.0509. The van der Waals surface area contributed by atoms with Crippen molar-refractivity contribution in [3.05, 3.63) is 23.8 Å². The number of allylic oxidation sites excluding steroid dienone is 2. The van der Waals surface area contributed by atoms with Crippen LogP contribution in [-0.2, 0) is 4.79 Å². The van der Waals surface area contributed by atoms with Gasteiger partial charge in [-0.05, 0) is 27.4 Å². The van der Waals surface area contributed by atoms with Crippen molar-refractivity contribution < 1.29 is 9.90 Å². The highest BCUT2D eigenvalue weighted by atomic mass is 16.4. The maximum Gasteiger partial charge on any atom is 0.315 e. The fraction of sp³-hybridized carbons (Fsp3) is 0.583. The minimum Gasteiger partial charge on any atom is -0.481 e. The maximum absolute atomic E-state index is 11.5. The Kier molecular flexibility index (Phi) is 3.35. The zero-order valence-electron chi connectivity index (χ0n) is 9.82. The Hall–Kier alpha value is -1.09. The van der Waals surface area contributed by atoms with E-state index >= 15 is 0 Å². The summed E-state index contributed by atoms with van der Waals surface area (Å²) in [5.41, 5.74) is 0.328. The van der Waals surface area contributed by atoms with Crippen molar-refractivity contribution >= 4 is 5.97 Å². The molecular formula is C12H19NO2. The van der Waals surface area contributed by atoms with E-state index in [9.17, 15) is 9.90 Å². The van der Waals surface area contributed by atoms with Gasteiger partial charge in [0, 0.05) is 6.04 Å². The van der Waals surface area contributed by atoms with Crippen LogP contribution in [0.4, 0.5) is 0 Å². The van der Waals surface area contributed by atoms with Crippen LogP contribution < -0.4 is 0 Å². The smallest absolute Gasteiger partial charge is 0.315 e. The van der Waals surface area contributed by atoms with Crippen LogP contribution >= 0.6 is 0 Å². The molecule has 1 rings (SSSR count). The lowest BCUT2D eigenvalue weighted by Crippen LogP contribution is -2.49. The molecule has 0 bridgehead atoms. The first kappa shape index (κ1) is 12.0. The molecule has 0 aliphatic heterocycles. The summed E-state index contributed by atoms with van der Waals surface area (Å²) >= 11 is 0. The van der Waals surface area contributed by atoms with Crippen molar-refractivity contribution in [3.63, 3.8) is 0 Å². The van der Waals surface area contributed by atoms with Gasteiger partial charge in [0.2, 0.25) is 0 Å². The highest BCUT2D eigenvalue weighted by molar-refractivity contribution is 5.79. The lowest BCUT2D eigenvalue weighted by Gasteiger charge is -2.40. The van der Waals surface area contributed by atoms with Crippen LogP contribution in [0.2, 0.25) is 0 Å². The summed E-state index contributed by atoms with van der Waals surface area (Å²) in [5, 5.41) is 9.42. The first-order valence-electron chi connectivity index (χ1n) is 5.21. The van der Waals surface area contributed by atoms with Crippen LogP contribution in [0.3, 0.4) is 0 Å². The van der Waals surface area contributed by atoms with Crippen LogP contribution in [0, 0.1) is 5.41 Å². The molecule has 0 aromatic heterocycles. The van der Waals surface area contributed by atoms with Crippen LogP contribution in [0.25, 0.3) is 0 Å². The average molecular weight is 209 g/mol. The van der Waals surface area contributed by atoms with Crippen molar-refractivity contribution in [2.45, 2.75) is 26.3 Å². The van der Waals surface area contributed by atoms with E-state index < -0.39 is 11.4 Å². The molecule has 2 atom stereocenters. The van der Waals surface area contributed by atoms with Crippen molar-refractivity contribution in [1.29, 1.82) is 0 Å². The fourth-order valence-electron chi connectivity index (χ4n) is 2.48. The maximum atomic E-state index is 11.5. The molecule has 1 aliphatic carbocycles. The molecule has 0 aromatic carbocycles. The first-order valence-corrected chi connectivity index (χ1v) is 5.21. The third kappa shape index (κ3) is 1.84. The molecule has 1 aliphatic rings. The number of aliphatic carboxylic acids is 1. The van der Waals surface area contributed by atoms with Crippen molar-refractivity contribution in [2.24, 2.45) is 5.41 Å². The number of carboxylic acids is 1. The fourth-order valence-corrected chi connectivity index (χ4v) is 2.48. The highest BCUT2D eigenvalue weighted by Gasteiger charge is 2.45. The predicted molar refractivity (Wildman–Crippen MR) is 60.7 cm³/mol. The molecule has 1 N–H and O–H groups in total. The monoisotopic (exact) mass is 209 g/mol. The topological polar surface area (TPSA) is 40.5 Å². The Balaban J connectivity index is 3.21. The SMILES string of the molecule is CCC1(C(=O)O)C=CC=C(C)C1N(C)C. The Labute approximate surface area is 91.1 Å². The molecular weight excluding hydrogens is 190 g/mol. The molecule has 0 saturated carbocycles. The van der Waals surface area contributed by atoms with Gasteiger partial charge in [0.05, 0.1) is 0 Å². The van der Waals surface area contributed by atoms with Gasteiger partial charge in [-0.3, -0.25) is 4.79 Å². The molecule has 3 heteroatoms. The summed E-state index contributed by atoms with van der Waals surface area (Å²) in [7, 11) is 3.85. The molecule has 84 valence electrons. The molecule has 0 amide bonds. The van der Waals surface area contributed by atoms with Gasteiger partial charge in [-0.2, -0.15) is 0 Å². The van der Waals surface area contributed by atoms with Gasteiger partial charge >= 0.3 is 5.97 Å². The summed E-state index contributed by atoms with van der Waals surface area (Å²) in [6.07, 6.45) is 6.26. The molecule has 0 radical (unpaired) electrons. The zero-order chi connectivity index (χ0) is 11.6. The van der Waals surface area contributed by atoms with E-state index in [-0.39, 0.29) is 6.04 Å². The Morgan fingerprint density at radius 1 is 1.60 bits per heavy atom. The van der Waals surface area contributed by atoms with Gasteiger partial charge in [0.25, 0.3) is 0 Å². The summed E-state index contributed by atoms with van der Waals surface area (Å²) in [6.45, 7) is 3.91. The molecule has 0 heterocycles. The second kappa shape index (κ2) is 4.19. The van der Waals surface area contributed by atoms with E-state index in [4.69, 9.17) is 0 Å². The Bertz CT molecular complexity index is 318. The second-order valence-electron chi connectivity index (χ2n) is 4.34. The Morgan fingerprint density at radius 3 is 2.53 bits per heavy atom. The minimum atomic E-state index is -0.775. The number of likely N-dealkylation sites (N-methyl/N-ethyl adjacent to an activating group) is 1. The predicted octanol–water partition coefficient (Wildman–Crippen LogP) is 1.91. The second-order valence-corrected chi connectivity index (χ2v) is 4.34. The van der Waals surface area contributed by atoms with Gasteiger partial charge < -0.3 is 10.0 Å². The van der Waals surface area contributed by atoms with E-state index in [1.165, 1.54) is 0 Å². The normalized spacial score (nSPS) is 30.5. The van der Waals surface area contributed by atoms with E-state index in [0.29, 0.717) is 6.42 Å². The van der Waals surface area contributed by atoms with Crippen LogP contribution in [0.15, 0.2) is 23.8 Å². The van der Waals surface area contributed by atoms with Gasteiger partial charge in [-0.1, -0.05) is 30.7 Å². The quantitative estimate of drug-likeness (QED) is 0.772. The van der Waals surface area contributed by atoms with Crippen molar-refractivity contribution in [2.75, 3.05) is 14.1 Å². The molecule has 0 spiro atoms. The van der Waals surface area contributed by atoms with Crippen molar-refractivity contribution in [1.82, 2.24) is 4.90 Å². The van der Waals surface area contributed by atoms with E-state index in [0.717, 1.165) is 5.57 Å². The van der Waals surface area contributed by atoms with Crippen LogP contribution in [0.5, 0.6) is 0 Å². The number of hydrogen-bond acceptors (Lipinski definition) is 2. The van der Waals surface area contributed by atoms with Gasteiger partial charge in [-0.15, -0.1) is 0 Å². The Morgan fingerprint density at radius 2 is 2.20 bits per heavy atom. The number of hydrogen-bond donors (Lipinski definition) is 1. The number of carbonyl (C=O) groups is 1. The largest absolute Gasteiger partial charge is 0.481 e. The molecule has 15 heavy (non-hydrogen) atoms. The minimum absolute atomic E-state index is 0.0509. The molecule has 3 nitrogen and oxygen atoms in total.